The molecule has 6 nitrogen and oxygen atoms in total. The quantitative estimate of drug-likeness (QED) is 0.801. The summed E-state index contributed by atoms with van der Waals surface area (Å²) in [5, 5.41) is 5.15. The Morgan fingerprint density at radius 1 is 1.18 bits per heavy atom. The van der Waals surface area contributed by atoms with Gasteiger partial charge in [0.1, 0.15) is 12.1 Å². The summed E-state index contributed by atoms with van der Waals surface area (Å²) in [4.78, 5) is 24.4. The predicted molar refractivity (Wildman–Crippen MR) is 84.1 cm³/mol. The molecular formula is C15H12N4O2S. The number of hydrogen-bond donors (Lipinski definition) is 1. The zero-order chi connectivity index (χ0) is 15.4. The second-order valence-corrected chi connectivity index (χ2v) is 5.21. The lowest BCUT2D eigenvalue weighted by Gasteiger charge is -2.03. The number of hydrogen-bond acceptors (Lipinski definition) is 6. The van der Waals surface area contributed by atoms with E-state index in [2.05, 4.69) is 20.3 Å². The smallest absolute Gasteiger partial charge is 0.257 e. The Bertz CT molecular complexity index is 772. The molecule has 0 spiro atoms. The van der Waals surface area contributed by atoms with Crippen LogP contribution in [0.1, 0.15) is 10.4 Å². The molecule has 0 radical (unpaired) electrons. The van der Waals surface area contributed by atoms with Gasteiger partial charge >= 0.3 is 0 Å². The van der Waals surface area contributed by atoms with Crippen molar-refractivity contribution >= 4 is 22.4 Å². The van der Waals surface area contributed by atoms with Gasteiger partial charge in [-0.1, -0.05) is 0 Å². The first kappa shape index (κ1) is 14.2. The number of thiazole rings is 1. The Morgan fingerprint density at radius 2 is 1.91 bits per heavy atom. The van der Waals surface area contributed by atoms with E-state index in [4.69, 9.17) is 4.74 Å². The molecule has 110 valence electrons. The Balaban J connectivity index is 1.73. The van der Waals surface area contributed by atoms with Gasteiger partial charge in [0, 0.05) is 28.9 Å². The highest BCUT2D eigenvalue weighted by atomic mass is 32.1. The number of rotatable bonds is 4. The number of amides is 1. The van der Waals surface area contributed by atoms with Gasteiger partial charge in [0.05, 0.1) is 12.8 Å². The van der Waals surface area contributed by atoms with E-state index in [1.807, 2.05) is 5.38 Å². The van der Waals surface area contributed by atoms with Gasteiger partial charge in [-0.25, -0.2) is 15.0 Å². The number of methoxy groups -OCH3 is 1. The van der Waals surface area contributed by atoms with E-state index in [1.54, 1.807) is 43.8 Å². The zero-order valence-corrected chi connectivity index (χ0v) is 12.5. The minimum absolute atomic E-state index is 0.215. The zero-order valence-electron chi connectivity index (χ0n) is 11.7. The molecule has 1 N–H and O–H groups in total. The number of nitrogens with zero attached hydrogens (tertiary/aromatic N) is 3. The third-order valence-electron chi connectivity index (χ3n) is 2.93. The van der Waals surface area contributed by atoms with Gasteiger partial charge in [0.2, 0.25) is 0 Å². The average molecular weight is 312 g/mol. The summed E-state index contributed by atoms with van der Waals surface area (Å²) in [6, 6.07) is 6.88. The first-order chi connectivity index (χ1) is 10.8. The number of aromatic nitrogens is 3. The maximum Gasteiger partial charge on any atom is 0.257 e. The second-order valence-electron chi connectivity index (χ2n) is 4.35. The van der Waals surface area contributed by atoms with Crippen molar-refractivity contribution in [3.63, 3.8) is 0 Å². The lowest BCUT2D eigenvalue weighted by molar-refractivity contribution is 0.102. The van der Waals surface area contributed by atoms with Crippen LogP contribution < -0.4 is 10.1 Å². The second kappa shape index (κ2) is 6.31. The molecule has 0 saturated carbocycles. The molecule has 0 aliphatic carbocycles. The predicted octanol–water partition coefficient (Wildman–Crippen LogP) is 2.86. The van der Waals surface area contributed by atoms with E-state index in [-0.39, 0.29) is 5.91 Å². The first-order valence-electron chi connectivity index (χ1n) is 6.42. The number of ether oxygens (including phenoxy) is 1. The van der Waals surface area contributed by atoms with Crippen molar-refractivity contribution in [2.75, 3.05) is 12.4 Å². The summed E-state index contributed by atoms with van der Waals surface area (Å²) in [6.07, 6.45) is 4.82. The van der Waals surface area contributed by atoms with Gasteiger partial charge in [-0.3, -0.25) is 10.1 Å². The van der Waals surface area contributed by atoms with Gasteiger partial charge in [0.25, 0.3) is 5.91 Å². The fraction of sp³-hybridized carbons (Fsp3) is 0.0667. The lowest BCUT2D eigenvalue weighted by Crippen LogP contribution is -2.11. The molecule has 2 heterocycles. The maximum absolute atomic E-state index is 12.1. The normalized spacial score (nSPS) is 10.2. The molecule has 0 saturated heterocycles. The molecule has 0 bridgehead atoms. The molecule has 0 aliphatic heterocycles. The van der Waals surface area contributed by atoms with Crippen molar-refractivity contribution < 1.29 is 9.53 Å². The molecule has 1 aromatic carbocycles. The van der Waals surface area contributed by atoms with Crippen LogP contribution in [-0.4, -0.2) is 28.0 Å². The minimum Gasteiger partial charge on any atom is -0.497 e. The Kier molecular flexibility index (Phi) is 4.06. The molecule has 1 amide bonds. The molecule has 3 rings (SSSR count). The highest BCUT2D eigenvalue weighted by Gasteiger charge is 2.10. The van der Waals surface area contributed by atoms with Crippen molar-refractivity contribution in [1.29, 1.82) is 0 Å². The summed E-state index contributed by atoms with van der Waals surface area (Å²) >= 11 is 1.35. The van der Waals surface area contributed by atoms with Gasteiger partial charge in [-0.05, 0) is 24.3 Å². The average Bonchev–Trinajstić information content (AvgIpc) is 3.04. The number of nitrogens with one attached hydrogen (secondary N) is 1. The fourth-order valence-electron chi connectivity index (χ4n) is 1.81. The first-order valence-corrected chi connectivity index (χ1v) is 7.30. The molecule has 3 aromatic rings. The highest BCUT2D eigenvalue weighted by molar-refractivity contribution is 7.14. The summed E-state index contributed by atoms with van der Waals surface area (Å²) in [7, 11) is 1.58. The number of carbonyl (C=O) groups excluding carboxylic acids is 1. The Morgan fingerprint density at radius 3 is 2.59 bits per heavy atom. The SMILES string of the molecule is COc1ccc(C(=O)Nc2nc(-c3cncnc3)cs2)cc1. The van der Waals surface area contributed by atoms with Crippen molar-refractivity contribution in [3.05, 3.63) is 53.9 Å². The number of anilines is 1. The standard InChI is InChI=1S/C15H12N4O2S/c1-21-12-4-2-10(3-5-12)14(20)19-15-18-13(8-22-15)11-6-16-9-17-7-11/h2-9H,1H3,(H,18,19,20). The van der Waals surface area contributed by atoms with Crippen molar-refractivity contribution in [2.24, 2.45) is 0 Å². The molecule has 2 aromatic heterocycles. The molecule has 7 heteroatoms. The van der Waals surface area contributed by atoms with Crippen LogP contribution in [0, 0.1) is 0 Å². The fourth-order valence-corrected chi connectivity index (χ4v) is 2.52. The van der Waals surface area contributed by atoms with E-state index in [0.717, 1.165) is 11.3 Å². The van der Waals surface area contributed by atoms with E-state index >= 15 is 0 Å². The van der Waals surface area contributed by atoms with Gasteiger partial charge < -0.3 is 4.74 Å². The third kappa shape index (κ3) is 3.09. The lowest BCUT2D eigenvalue weighted by atomic mass is 10.2. The molecule has 0 atom stereocenters. The highest BCUT2D eigenvalue weighted by Crippen LogP contribution is 2.24. The van der Waals surface area contributed by atoms with E-state index < -0.39 is 0 Å². The maximum atomic E-state index is 12.1. The van der Waals surface area contributed by atoms with Crippen molar-refractivity contribution in [3.8, 4) is 17.0 Å². The van der Waals surface area contributed by atoms with Crippen LogP contribution in [0.25, 0.3) is 11.3 Å². The van der Waals surface area contributed by atoms with Crippen LogP contribution in [0.4, 0.5) is 5.13 Å². The van der Waals surface area contributed by atoms with Crippen LogP contribution in [-0.2, 0) is 0 Å². The van der Waals surface area contributed by atoms with Crippen molar-refractivity contribution in [1.82, 2.24) is 15.0 Å². The monoisotopic (exact) mass is 312 g/mol. The third-order valence-corrected chi connectivity index (χ3v) is 3.69. The largest absolute Gasteiger partial charge is 0.497 e. The van der Waals surface area contributed by atoms with Gasteiger partial charge in [-0.15, -0.1) is 11.3 Å². The molecule has 0 aliphatic rings. The Labute approximate surface area is 130 Å². The van der Waals surface area contributed by atoms with Crippen molar-refractivity contribution in [2.45, 2.75) is 0 Å². The van der Waals surface area contributed by atoms with Crippen LogP contribution in [0.15, 0.2) is 48.4 Å². The Hall–Kier alpha value is -2.80. The summed E-state index contributed by atoms with van der Waals surface area (Å²) in [5.74, 6) is 0.491. The van der Waals surface area contributed by atoms with E-state index in [0.29, 0.717) is 16.4 Å². The summed E-state index contributed by atoms with van der Waals surface area (Å²) in [6.45, 7) is 0. The number of benzene rings is 1. The van der Waals surface area contributed by atoms with Gasteiger partial charge in [-0.2, -0.15) is 0 Å². The summed E-state index contributed by atoms with van der Waals surface area (Å²) < 4.78 is 5.07. The van der Waals surface area contributed by atoms with Crippen LogP contribution >= 0.6 is 11.3 Å². The molecule has 0 fully saturated rings. The van der Waals surface area contributed by atoms with E-state index in [9.17, 15) is 4.79 Å². The topological polar surface area (TPSA) is 77.0 Å². The van der Waals surface area contributed by atoms with Gasteiger partial charge in [0.15, 0.2) is 5.13 Å². The van der Waals surface area contributed by atoms with Crippen LogP contribution in [0.5, 0.6) is 5.75 Å². The molecule has 0 unspecified atom stereocenters. The van der Waals surface area contributed by atoms with E-state index in [1.165, 1.54) is 17.7 Å². The minimum atomic E-state index is -0.215. The number of carbonyl (C=O) groups is 1. The van der Waals surface area contributed by atoms with Crippen LogP contribution in [0.3, 0.4) is 0 Å². The summed E-state index contributed by atoms with van der Waals surface area (Å²) in [5.41, 5.74) is 2.08. The molecule has 22 heavy (non-hydrogen) atoms. The molecular weight excluding hydrogens is 300 g/mol. The van der Waals surface area contributed by atoms with Crippen LogP contribution in [0.2, 0.25) is 0 Å².